The molecular formula is C29H28NO5PS. The lowest BCUT2D eigenvalue weighted by Gasteiger charge is -2.23. The molecule has 190 valence electrons. The van der Waals surface area contributed by atoms with Crippen LogP contribution in [0.1, 0.15) is 27.7 Å². The van der Waals surface area contributed by atoms with Crippen molar-refractivity contribution in [2.45, 2.75) is 25.7 Å². The van der Waals surface area contributed by atoms with Gasteiger partial charge < -0.3 is 14.0 Å². The fraction of sp³-hybridized carbons (Fsp3) is 0.172. The first kappa shape index (κ1) is 26.6. The van der Waals surface area contributed by atoms with Crippen LogP contribution >= 0.6 is 19.6 Å². The molecule has 0 fully saturated rings. The van der Waals surface area contributed by atoms with Gasteiger partial charge in [0.1, 0.15) is 29.9 Å². The number of carbonyl (C=O) groups excluding carboxylic acids is 2. The number of para-hydroxylation sites is 1. The van der Waals surface area contributed by atoms with Crippen molar-refractivity contribution >= 4 is 41.7 Å². The van der Waals surface area contributed by atoms with E-state index in [0.29, 0.717) is 11.0 Å². The second-order valence-electron chi connectivity index (χ2n) is 8.26. The Labute approximate surface area is 221 Å². The number of ether oxygens (including phenoxy) is 2. The lowest BCUT2D eigenvalue weighted by atomic mass is 10.2. The van der Waals surface area contributed by atoms with Crippen molar-refractivity contribution in [1.82, 2.24) is 5.09 Å². The molecule has 1 heterocycles. The summed E-state index contributed by atoms with van der Waals surface area (Å²) in [5.41, 5.74) is 1.96. The van der Waals surface area contributed by atoms with Crippen LogP contribution in [0.15, 0.2) is 97.6 Å². The molecule has 2 unspecified atom stereocenters. The molecule has 3 aromatic carbocycles. The molecule has 2 atom stereocenters. The number of nitrogens with one attached hydrogen (secondary N) is 1. The molecule has 0 saturated heterocycles. The molecule has 37 heavy (non-hydrogen) atoms. The maximum atomic E-state index is 12.7. The number of hydrogen-bond donors (Lipinski definition) is 1. The summed E-state index contributed by atoms with van der Waals surface area (Å²) < 4.78 is 17.9. The zero-order valence-corrected chi connectivity index (χ0v) is 22.2. The molecule has 8 heteroatoms. The second kappa shape index (κ2) is 13.2. The van der Waals surface area contributed by atoms with Gasteiger partial charge in [0.05, 0.1) is 0 Å². The lowest BCUT2D eigenvalue weighted by molar-refractivity contribution is -0.146. The summed E-state index contributed by atoms with van der Waals surface area (Å²) >= 11 is 1.39. The van der Waals surface area contributed by atoms with Gasteiger partial charge in [-0.05, 0) is 53.8 Å². The summed E-state index contributed by atoms with van der Waals surface area (Å²) in [4.78, 5) is 25.5. The number of hydrogen-bond acceptors (Lipinski definition) is 7. The van der Waals surface area contributed by atoms with Crippen LogP contribution in [0, 0.1) is 0 Å². The van der Waals surface area contributed by atoms with Crippen molar-refractivity contribution in [3.63, 3.8) is 0 Å². The molecule has 0 bridgehead atoms. The van der Waals surface area contributed by atoms with Crippen molar-refractivity contribution in [3.05, 3.63) is 114 Å². The quantitative estimate of drug-likeness (QED) is 0.122. The molecule has 0 aliphatic rings. The predicted molar refractivity (Wildman–Crippen MR) is 149 cm³/mol. The van der Waals surface area contributed by atoms with Crippen molar-refractivity contribution in [3.8, 4) is 5.75 Å². The van der Waals surface area contributed by atoms with Crippen molar-refractivity contribution < 1.29 is 23.6 Å². The zero-order valence-electron chi connectivity index (χ0n) is 20.5. The van der Waals surface area contributed by atoms with Crippen LogP contribution in [0.2, 0.25) is 0 Å². The van der Waals surface area contributed by atoms with Gasteiger partial charge >= 0.3 is 11.9 Å². The summed E-state index contributed by atoms with van der Waals surface area (Å²) in [5.74, 6) is 0.0145. The Bertz CT molecular complexity index is 1340. The molecule has 0 spiro atoms. The van der Waals surface area contributed by atoms with Gasteiger partial charge in [0.15, 0.2) is 8.30 Å². The molecule has 1 aromatic heterocycles. The standard InChI is InChI=1S/C29H28NO5PS/c1-3-16-33-29(32)27-18-24-17-23(14-15-26(24)37-27)20-36(35-25-12-8-5-9-13-25)30-21(2)28(31)34-19-22-10-6-4-7-11-22/h3-15,17-18,21,30H,1,16,19-20H2,2H3. The topological polar surface area (TPSA) is 73.9 Å². The highest BCUT2D eigenvalue weighted by Gasteiger charge is 2.22. The maximum Gasteiger partial charge on any atom is 0.348 e. The Hall–Kier alpha value is -3.51. The molecule has 0 radical (unpaired) electrons. The van der Waals surface area contributed by atoms with E-state index in [1.165, 1.54) is 11.3 Å². The van der Waals surface area contributed by atoms with Crippen LogP contribution in [0.25, 0.3) is 10.1 Å². The van der Waals surface area contributed by atoms with Gasteiger partial charge in [0.2, 0.25) is 0 Å². The average molecular weight is 534 g/mol. The van der Waals surface area contributed by atoms with Crippen LogP contribution in [-0.2, 0) is 27.0 Å². The van der Waals surface area contributed by atoms with E-state index in [9.17, 15) is 9.59 Å². The molecule has 1 N–H and O–H groups in total. The van der Waals surface area contributed by atoms with E-state index in [4.69, 9.17) is 14.0 Å². The van der Waals surface area contributed by atoms with E-state index in [1.807, 2.05) is 84.9 Å². The molecule has 0 aliphatic heterocycles. The van der Waals surface area contributed by atoms with Crippen molar-refractivity contribution in [2.75, 3.05) is 6.61 Å². The van der Waals surface area contributed by atoms with Crippen LogP contribution in [-0.4, -0.2) is 24.6 Å². The zero-order chi connectivity index (χ0) is 26.0. The second-order valence-corrected chi connectivity index (χ2v) is 10.9. The summed E-state index contributed by atoms with van der Waals surface area (Å²) in [5, 5.41) is 4.29. The van der Waals surface area contributed by atoms with Gasteiger partial charge in [-0.25, -0.2) is 4.79 Å². The van der Waals surface area contributed by atoms with Gasteiger partial charge in [0, 0.05) is 10.9 Å². The van der Waals surface area contributed by atoms with Crippen LogP contribution in [0.5, 0.6) is 5.75 Å². The Morgan fingerprint density at radius 1 is 0.973 bits per heavy atom. The van der Waals surface area contributed by atoms with Crippen molar-refractivity contribution in [2.24, 2.45) is 0 Å². The number of carbonyl (C=O) groups is 2. The molecular weight excluding hydrogens is 505 g/mol. The number of benzene rings is 3. The highest BCUT2D eigenvalue weighted by Crippen LogP contribution is 2.40. The number of thiophene rings is 1. The van der Waals surface area contributed by atoms with E-state index in [0.717, 1.165) is 27.0 Å². The summed E-state index contributed by atoms with van der Waals surface area (Å²) in [6, 6.07) is 26.4. The lowest BCUT2D eigenvalue weighted by Crippen LogP contribution is -2.33. The van der Waals surface area contributed by atoms with E-state index in [-0.39, 0.29) is 25.2 Å². The van der Waals surface area contributed by atoms with Gasteiger partial charge in [-0.1, -0.05) is 67.3 Å². The first-order chi connectivity index (χ1) is 18.0. The number of rotatable bonds is 12. The maximum absolute atomic E-state index is 12.7. The minimum Gasteiger partial charge on any atom is -0.460 e. The van der Waals surface area contributed by atoms with Gasteiger partial charge in [-0.15, -0.1) is 11.3 Å². The normalized spacial score (nSPS) is 12.5. The summed E-state index contributed by atoms with van der Waals surface area (Å²) in [7, 11) is -1.27. The highest BCUT2D eigenvalue weighted by atomic mass is 32.1. The first-order valence-corrected chi connectivity index (χ1v) is 14.1. The molecule has 0 aliphatic carbocycles. The van der Waals surface area contributed by atoms with Crippen LogP contribution in [0.3, 0.4) is 0 Å². The monoisotopic (exact) mass is 533 g/mol. The van der Waals surface area contributed by atoms with Gasteiger partial charge in [-0.3, -0.25) is 9.88 Å². The smallest absolute Gasteiger partial charge is 0.348 e. The minimum atomic E-state index is -1.27. The third kappa shape index (κ3) is 7.73. The van der Waals surface area contributed by atoms with Gasteiger partial charge in [-0.2, -0.15) is 0 Å². The predicted octanol–water partition coefficient (Wildman–Crippen LogP) is 6.86. The van der Waals surface area contributed by atoms with E-state index in [1.54, 1.807) is 13.0 Å². The molecule has 4 aromatic rings. The fourth-order valence-corrected chi connectivity index (χ4v) is 6.09. The SMILES string of the molecule is C=CCOC(=O)c1cc2cc(CP(NC(C)C(=O)OCc3ccccc3)Oc3ccccc3)ccc2s1. The average Bonchev–Trinajstić information content (AvgIpc) is 3.35. The van der Waals surface area contributed by atoms with Crippen molar-refractivity contribution in [1.29, 1.82) is 0 Å². The Morgan fingerprint density at radius 3 is 2.43 bits per heavy atom. The Balaban J connectivity index is 1.46. The van der Waals surface area contributed by atoms with E-state index < -0.39 is 14.3 Å². The molecule has 6 nitrogen and oxygen atoms in total. The largest absolute Gasteiger partial charge is 0.460 e. The molecule has 0 amide bonds. The Kier molecular flexibility index (Phi) is 9.44. The third-order valence-electron chi connectivity index (χ3n) is 5.31. The first-order valence-electron chi connectivity index (χ1n) is 11.8. The third-order valence-corrected chi connectivity index (χ3v) is 8.17. The van der Waals surface area contributed by atoms with Crippen LogP contribution < -0.4 is 9.61 Å². The highest BCUT2D eigenvalue weighted by molar-refractivity contribution is 7.50. The number of esters is 2. The molecule has 0 saturated carbocycles. The van der Waals surface area contributed by atoms with Crippen LogP contribution in [0.4, 0.5) is 0 Å². The molecule has 4 rings (SSSR count). The van der Waals surface area contributed by atoms with Gasteiger partial charge in [0.25, 0.3) is 0 Å². The van der Waals surface area contributed by atoms with E-state index in [2.05, 4.69) is 11.7 Å². The number of fused-ring (bicyclic) bond motifs is 1. The minimum absolute atomic E-state index is 0.178. The summed E-state index contributed by atoms with van der Waals surface area (Å²) in [6.07, 6.45) is 2.10. The van der Waals surface area contributed by atoms with E-state index >= 15 is 0 Å². The Morgan fingerprint density at radius 2 is 1.70 bits per heavy atom. The summed E-state index contributed by atoms with van der Waals surface area (Å²) in [6.45, 7) is 5.75. The fourth-order valence-electron chi connectivity index (χ4n) is 3.50.